The van der Waals surface area contributed by atoms with Crippen molar-refractivity contribution < 1.29 is 14.3 Å². The van der Waals surface area contributed by atoms with Crippen LogP contribution in [0.25, 0.3) is 6.08 Å². The highest BCUT2D eigenvalue weighted by Crippen LogP contribution is 2.50. The number of benzene rings is 5. The Morgan fingerprint density at radius 1 is 0.860 bits per heavy atom. The average molecular weight is 743 g/mol. The molecule has 0 unspecified atom stereocenters. The first kappa shape index (κ1) is 32.4. The summed E-state index contributed by atoms with van der Waals surface area (Å²) in [5.74, 6) is 1.58. The second-order valence-corrected chi connectivity index (χ2v) is 14.6. The molecule has 8 rings (SSSR count). The van der Waals surface area contributed by atoms with Gasteiger partial charge in [0.1, 0.15) is 6.61 Å². The predicted molar refractivity (Wildman–Crippen MR) is 207 cm³/mol. The summed E-state index contributed by atoms with van der Waals surface area (Å²) in [4.78, 5) is 21.5. The lowest BCUT2D eigenvalue weighted by molar-refractivity contribution is -0.115. The zero-order chi connectivity index (χ0) is 34.0. The van der Waals surface area contributed by atoms with E-state index in [0.29, 0.717) is 28.2 Å². The zero-order valence-corrected chi connectivity index (χ0v) is 30.0. The number of hydrogen-bond acceptors (Lipinski definition) is 6. The van der Waals surface area contributed by atoms with Gasteiger partial charge in [-0.1, -0.05) is 91.0 Å². The number of anilines is 1. The number of thioether (sulfide) groups is 1. The molecular formula is C42H36BrN3O3S. The maximum Gasteiger partial charge on any atom is 0.264 e. The Bertz CT molecular complexity index is 2030. The van der Waals surface area contributed by atoms with Gasteiger partial charge in [0.25, 0.3) is 5.91 Å². The number of ether oxygens (including phenoxy) is 2. The molecule has 8 heteroatoms. The Hall–Kier alpha value is -4.79. The molecule has 1 fully saturated rings. The number of amides is 1. The number of amidine groups is 1. The lowest BCUT2D eigenvalue weighted by Gasteiger charge is -2.43. The van der Waals surface area contributed by atoms with Crippen LogP contribution in [0.1, 0.15) is 58.1 Å². The van der Waals surface area contributed by atoms with E-state index < -0.39 is 0 Å². The highest BCUT2D eigenvalue weighted by Gasteiger charge is 2.35. The zero-order valence-electron chi connectivity index (χ0n) is 27.6. The molecule has 1 N–H and O–H groups in total. The van der Waals surface area contributed by atoms with E-state index in [-0.39, 0.29) is 17.7 Å². The molecule has 5 aromatic rings. The van der Waals surface area contributed by atoms with Gasteiger partial charge in [-0.25, -0.2) is 4.99 Å². The maximum absolute atomic E-state index is 13.3. The Kier molecular flexibility index (Phi) is 9.21. The van der Waals surface area contributed by atoms with Crippen molar-refractivity contribution in [2.24, 2.45) is 4.99 Å². The molecule has 3 heterocycles. The van der Waals surface area contributed by atoms with Crippen molar-refractivity contribution in [2.45, 2.75) is 31.3 Å². The summed E-state index contributed by atoms with van der Waals surface area (Å²) >= 11 is 5.01. The monoisotopic (exact) mass is 741 g/mol. The van der Waals surface area contributed by atoms with Crippen molar-refractivity contribution >= 4 is 56.2 Å². The minimum atomic E-state index is -0.178. The number of nitrogens with one attached hydrogen (secondary N) is 1. The molecule has 6 nitrogen and oxygen atoms in total. The van der Waals surface area contributed by atoms with Crippen LogP contribution in [0.3, 0.4) is 0 Å². The number of carbonyl (C=O) groups excluding carboxylic acids is 1. The lowest BCUT2D eigenvalue weighted by Crippen LogP contribution is -2.37. The number of aliphatic imine (C=N–C) groups is 1. The van der Waals surface area contributed by atoms with E-state index in [1.807, 2.05) is 48.5 Å². The van der Waals surface area contributed by atoms with Gasteiger partial charge >= 0.3 is 0 Å². The summed E-state index contributed by atoms with van der Waals surface area (Å²) in [6, 6.07) is 39.9. The highest BCUT2D eigenvalue weighted by atomic mass is 79.9. The molecular weight excluding hydrogens is 706 g/mol. The van der Waals surface area contributed by atoms with Gasteiger partial charge in [0.2, 0.25) is 0 Å². The van der Waals surface area contributed by atoms with Crippen LogP contribution >= 0.6 is 27.7 Å². The van der Waals surface area contributed by atoms with Crippen molar-refractivity contribution in [2.75, 3.05) is 25.1 Å². The van der Waals surface area contributed by atoms with Crippen molar-refractivity contribution in [3.05, 3.63) is 158 Å². The fourth-order valence-corrected chi connectivity index (χ4v) is 8.76. The number of halogens is 1. The molecule has 5 aromatic carbocycles. The normalized spacial score (nSPS) is 19.7. The molecule has 0 bridgehead atoms. The second kappa shape index (κ2) is 14.2. The highest BCUT2D eigenvalue weighted by molar-refractivity contribution is 9.10. The summed E-state index contributed by atoms with van der Waals surface area (Å²) in [5, 5.41) is 3.59. The standard InChI is InChI=1S/C42H36BrN3O3S/c1-48-37-22-28(21-36(43)40(37)49-26-27-11-5-2-6-12-27)23-38-41(47)45-42(50-38)44-31-24-34-32(29-13-7-3-8-14-29)17-19-46-20-18-33(35(25-31)39(34)46)30-15-9-4-10-16-30/h2-16,21-25,32-33H,17-20,26H2,1H3,(H,44,45,47)/b38-23-/t32-,33-/m0/s1. The third-order valence-electron chi connectivity index (χ3n) is 9.66. The molecule has 0 aromatic heterocycles. The van der Waals surface area contributed by atoms with Crippen LogP contribution in [0.15, 0.2) is 130 Å². The Morgan fingerprint density at radius 2 is 1.46 bits per heavy atom. The SMILES string of the molecule is COc1cc(/C=C2\SC(=Nc3cc4c5c(c3)[C@H](c3ccccc3)CCN5CC[C@H]4c3ccccc3)NC2=O)cc(Br)c1OCc1ccccc1. The number of carbonyl (C=O) groups is 1. The van der Waals surface area contributed by atoms with Crippen molar-refractivity contribution in [3.63, 3.8) is 0 Å². The van der Waals surface area contributed by atoms with Gasteiger partial charge in [-0.05, 0) is 104 Å². The quantitative estimate of drug-likeness (QED) is 0.161. The molecule has 50 heavy (non-hydrogen) atoms. The molecule has 0 spiro atoms. The van der Waals surface area contributed by atoms with E-state index in [2.05, 4.69) is 98.9 Å². The van der Waals surface area contributed by atoms with Gasteiger partial charge < -0.3 is 19.7 Å². The minimum Gasteiger partial charge on any atom is -0.493 e. The van der Waals surface area contributed by atoms with E-state index in [9.17, 15) is 4.79 Å². The van der Waals surface area contributed by atoms with Crippen molar-refractivity contribution in [1.82, 2.24) is 5.32 Å². The number of nitrogens with zero attached hydrogens (tertiary/aromatic N) is 2. The molecule has 1 amide bonds. The molecule has 0 radical (unpaired) electrons. The summed E-state index contributed by atoms with van der Waals surface area (Å²) in [6.07, 6.45) is 3.97. The summed E-state index contributed by atoms with van der Waals surface area (Å²) in [5.41, 5.74) is 9.37. The van der Waals surface area contributed by atoms with Crippen LogP contribution < -0.4 is 19.7 Å². The van der Waals surface area contributed by atoms with Crippen molar-refractivity contribution in [3.8, 4) is 11.5 Å². The smallest absolute Gasteiger partial charge is 0.264 e. The Morgan fingerprint density at radius 3 is 2.06 bits per heavy atom. The van der Waals surface area contributed by atoms with E-state index in [4.69, 9.17) is 14.5 Å². The van der Waals surface area contributed by atoms with Gasteiger partial charge in [-0.15, -0.1) is 0 Å². The lowest BCUT2D eigenvalue weighted by atomic mass is 9.76. The number of rotatable bonds is 8. The van der Waals surface area contributed by atoms with Gasteiger partial charge in [0.05, 0.1) is 22.2 Å². The van der Waals surface area contributed by atoms with Gasteiger partial charge in [0, 0.05) is 30.6 Å². The first-order valence-electron chi connectivity index (χ1n) is 16.9. The van der Waals surface area contributed by atoms with Gasteiger partial charge in [-0.2, -0.15) is 0 Å². The van der Waals surface area contributed by atoms with Crippen molar-refractivity contribution in [1.29, 1.82) is 0 Å². The van der Waals surface area contributed by atoms with E-state index in [1.165, 1.54) is 39.7 Å². The minimum absolute atomic E-state index is 0.178. The molecule has 0 saturated carbocycles. The van der Waals surface area contributed by atoms with Gasteiger partial charge in [-0.3, -0.25) is 4.79 Å². The first-order chi connectivity index (χ1) is 24.5. The van der Waals surface area contributed by atoms with E-state index in [1.54, 1.807) is 7.11 Å². The fourth-order valence-electron chi connectivity index (χ4n) is 7.35. The van der Waals surface area contributed by atoms with Crippen LogP contribution in [0, 0.1) is 0 Å². The summed E-state index contributed by atoms with van der Waals surface area (Å²) < 4.78 is 12.5. The third-order valence-corrected chi connectivity index (χ3v) is 11.2. The second-order valence-electron chi connectivity index (χ2n) is 12.8. The van der Waals surface area contributed by atoms with Crippen LogP contribution in [0.5, 0.6) is 11.5 Å². The summed E-state index contributed by atoms with van der Waals surface area (Å²) in [6.45, 7) is 2.49. The maximum atomic E-state index is 13.3. The van der Waals surface area contributed by atoms with Crippen LogP contribution in [-0.2, 0) is 11.4 Å². The summed E-state index contributed by atoms with van der Waals surface area (Å²) in [7, 11) is 1.62. The molecule has 0 aliphatic carbocycles. The Balaban J connectivity index is 1.12. The van der Waals surface area contributed by atoms with Crippen LogP contribution in [-0.4, -0.2) is 31.3 Å². The molecule has 1 saturated heterocycles. The van der Waals surface area contributed by atoms with Crippen LogP contribution in [0.2, 0.25) is 0 Å². The van der Waals surface area contributed by atoms with Gasteiger partial charge in [0.15, 0.2) is 16.7 Å². The largest absolute Gasteiger partial charge is 0.493 e. The number of methoxy groups -OCH3 is 1. The van der Waals surface area contributed by atoms with E-state index in [0.717, 1.165) is 47.2 Å². The topological polar surface area (TPSA) is 63.2 Å². The van der Waals surface area contributed by atoms with E-state index >= 15 is 0 Å². The Labute approximate surface area is 305 Å². The number of hydrogen-bond donors (Lipinski definition) is 1. The molecule has 3 aliphatic rings. The molecule has 3 aliphatic heterocycles. The third kappa shape index (κ3) is 6.57. The molecule has 250 valence electrons. The average Bonchev–Trinajstić information content (AvgIpc) is 3.49. The fraction of sp³-hybridized carbons (Fsp3) is 0.190. The van der Waals surface area contributed by atoms with Crippen LogP contribution in [0.4, 0.5) is 11.4 Å². The predicted octanol–water partition coefficient (Wildman–Crippen LogP) is 9.81. The molecule has 2 atom stereocenters. The first-order valence-corrected chi connectivity index (χ1v) is 18.5.